The second-order valence-corrected chi connectivity index (χ2v) is 6.96. The molecule has 1 rings (SSSR count). The Morgan fingerprint density at radius 1 is 1.05 bits per heavy atom. The Labute approximate surface area is 119 Å². The van der Waals surface area contributed by atoms with Gasteiger partial charge in [0.2, 0.25) is 0 Å². The molecule has 0 amide bonds. The van der Waals surface area contributed by atoms with Crippen LogP contribution < -0.4 is 0 Å². The lowest BCUT2D eigenvalue weighted by atomic mass is 9.70. The zero-order chi connectivity index (χ0) is 14.6. The Morgan fingerprint density at radius 2 is 1.53 bits per heavy atom. The summed E-state index contributed by atoms with van der Waals surface area (Å²) in [5.41, 5.74) is 0. The number of carbonyl (C=O) groups is 1. The van der Waals surface area contributed by atoms with Gasteiger partial charge in [0.05, 0.1) is 5.92 Å². The summed E-state index contributed by atoms with van der Waals surface area (Å²) in [6.45, 7) is 13.1. The lowest BCUT2D eigenvalue weighted by Gasteiger charge is -2.41. The molecule has 2 heteroatoms. The molecule has 3 unspecified atom stereocenters. The highest BCUT2D eigenvalue weighted by Crippen LogP contribution is 2.39. The molecule has 2 nitrogen and oxygen atoms in total. The third-order valence-corrected chi connectivity index (χ3v) is 4.90. The molecule has 1 aliphatic carbocycles. The molecule has 0 N–H and O–H groups in total. The highest BCUT2D eigenvalue weighted by molar-refractivity contribution is 5.72. The van der Waals surface area contributed by atoms with Crippen molar-refractivity contribution in [1.82, 2.24) is 0 Å². The topological polar surface area (TPSA) is 26.3 Å². The Balaban J connectivity index is 2.82. The minimum absolute atomic E-state index is 0.00528. The van der Waals surface area contributed by atoms with Gasteiger partial charge in [-0.2, -0.15) is 0 Å². The third kappa shape index (κ3) is 4.22. The first-order valence-corrected chi connectivity index (χ1v) is 8.08. The highest BCUT2D eigenvalue weighted by Gasteiger charge is 2.39. The third-order valence-electron chi connectivity index (χ3n) is 4.90. The maximum Gasteiger partial charge on any atom is 0.308 e. The van der Waals surface area contributed by atoms with Crippen LogP contribution >= 0.6 is 0 Å². The molecule has 0 bridgehead atoms. The molecule has 0 aromatic carbocycles. The van der Waals surface area contributed by atoms with Crippen LogP contribution in [0.15, 0.2) is 0 Å². The van der Waals surface area contributed by atoms with Crippen molar-refractivity contribution in [3.05, 3.63) is 0 Å². The summed E-state index contributed by atoms with van der Waals surface area (Å²) in [6.07, 6.45) is 4.70. The summed E-state index contributed by atoms with van der Waals surface area (Å²) in [7, 11) is 0. The van der Waals surface area contributed by atoms with Gasteiger partial charge in [-0.3, -0.25) is 4.79 Å². The lowest BCUT2D eigenvalue weighted by molar-refractivity contribution is -0.165. The Hall–Kier alpha value is -0.530. The monoisotopic (exact) mass is 268 g/mol. The molecule has 0 aliphatic heterocycles. The van der Waals surface area contributed by atoms with Gasteiger partial charge in [0.15, 0.2) is 0 Å². The van der Waals surface area contributed by atoms with Crippen LogP contribution in [0.25, 0.3) is 0 Å². The fourth-order valence-electron chi connectivity index (χ4n) is 3.25. The molecule has 1 fully saturated rings. The van der Waals surface area contributed by atoms with Gasteiger partial charge >= 0.3 is 5.97 Å². The summed E-state index contributed by atoms with van der Waals surface area (Å²) in [5, 5.41) is 0. The second kappa shape index (κ2) is 7.31. The molecule has 1 aliphatic rings. The maximum atomic E-state index is 12.2. The summed E-state index contributed by atoms with van der Waals surface area (Å²) in [5.74, 6) is 2.30. The molecule has 1 saturated carbocycles. The van der Waals surface area contributed by atoms with E-state index < -0.39 is 0 Å². The molecular weight excluding hydrogens is 236 g/mol. The molecule has 0 aromatic rings. The number of rotatable bonds is 5. The zero-order valence-electron chi connectivity index (χ0n) is 13.6. The number of ether oxygens (including phenoxy) is 1. The standard InChI is InChI=1S/C17H32O2/c1-7-13(6)17(18)19-16-14(11(2)3)9-8-10-15(16)12(4)5/h11-16H,7-10H2,1-6H3. The normalized spacial score (nSPS) is 29.6. The average molecular weight is 268 g/mol. The number of hydrogen-bond acceptors (Lipinski definition) is 2. The van der Waals surface area contributed by atoms with E-state index in [0.29, 0.717) is 23.7 Å². The van der Waals surface area contributed by atoms with Gasteiger partial charge in [0.25, 0.3) is 0 Å². The van der Waals surface area contributed by atoms with Gasteiger partial charge in [-0.05, 0) is 42.9 Å². The molecule has 0 aromatic heterocycles. The molecule has 0 radical (unpaired) electrons. The van der Waals surface area contributed by atoms with Crippen molar-refractivity contribution in [3.8, 4) is 0 Å². The van der Waals surface area contributed by atoms with Crippen molar-refractivity contribution in [2.75, 3.05) is 0 Å². The van der Waals surface area contributed by atoms with Gasteiger partial charge < -0.3 is 4.74 Å². The van der Waals surface area contributed by atoms with E-state index in [0.717, 1.165) is 6.42 Å². The van der Waals surface area contributed by atoms with Crippen LogP contribution in [0.4, 0.5) is 0 Å². The Bertz CT molecular complexity index is 267. The van der Waals surface area contributed by atoms with E-state index >= 15 is 0 Å². The minimum atomic E-state index is 0.00528. The van der Waals surface area contributed by atoms with E-state index in [-0.39, 0.29) is 18.0 Å². The molecule has 19 heavy (non-hydrogen) atoms. The Kier molecular flexibility index (Phi) is 6.35. The van der Waals surface area contributed by atoms with Crippen LogP contribution in [0.1, 0.15) is 67.2 Å². The molecule has 0 heterocycles. The molecule has 0 spiro atoms. The molecule has 0 saturated heterocycles. The summed E-state index contributed by atoms with van der Waals surface area (Å²) in [6, 6.07) is 0. The molecular formula is C17H32O2. The minimum Gasteiger partial charge on any atom is -0.462 e. The van der Waals surface area contributed by atoms with Gasteiger partial charge in [0.1, 0.15) is 6.10 Å². The molecule has 112 valence electrons. The fourth-order valence-corrected chi connectivity index (χ4v) is 3.25. The van der Waals surface area contributed by atoms with Crippen LogP contribution in [0.3, 0.4) is 0 Å². The quantitative estimate of drug-likeness (QED) is 0.677. The lowest BCUT2D eigenvalue weighted by Crippen LogP contribution is -2.42. The van der Waals surface area contributed by atoms with E-state index in [4.69, 9.17) is 4.74 Å². The summed E-state index contributed by atoms with van der Waals surface area (Å²) < 4.78 is 5.95. The van der Waals surface area contributed by atoms with Crippen LogP contribution in [0.2, 0.25) is 0 Å². The maximum absolute atomic E-state index is 12.2. The summed E-state index contributed by atoms with van der Waals surface area (Å²) in [4.78, 5) is 12.2. The second-order valence-electron chi connectivity index (χ2n) is 6.96. The van der Waals surface area contributed by atoms with Crippen molar-refractivity contribution in [3.63, 3.8) is 0 Å². The van der Waals surface area contributed by atoms with E-state index in [1.54, 1.807) is 0 Å². The van der Waals surface area contributed by atoms with Crippen LogP contribution in [-0.4, -0.2) is 12.1 Å². The van der Waals surface area contributed by atoms with E-state index in [9.17, 15) is 4.79 Å². The predicted octanol–water partition coefficient (Wildman–Crippen LogP) is 4.67. The van der Waals surface area contributed by atoms with E-state index in [2.05, 4.69) is 27.7 Å². The van der Waals surface area contributed by atoms with Crippen molar-refractivity contribution in [2.24, 2.45) is 29.6 Å². The van der Waals surface area contributed by atoms with Crippen molar-refractivity contribution in [2.45, 2.75) is 73.3 Å². The largest absolute Gasteiger partial charge is 0.462 e. The Morgan fingerprint density at radius 3 is 1.89 bits per heavy atom. The van der Waals surface area contributed by atoms with Gasteiger partial charge in [-0.25, -0.2) is 0 Å². The van der Waals surface area contributed by atoms with Gasteiger partial charge in [0, 0.05) is 0 Å². The van der Waals surface area contributed by atoms with Gasteiger partial charge in [-0.1, -0.05) is 48.0 Å². The number of esters is 1. The summed E-state index contributed by atoms with van der Waals surface area (Å²) >= 11 is 0. The van der Waals surface area contributed by atoms with Crippen molar-refractivity contribution < 1.29 is 9.53 Å². The van der Waals surface area contributed by atoms with E-state index in [1.165, 1.54) is 19.3 Å². The van der Waals surface area contributed by atoms with E-state index in [1.807, 2.05) is 13.8 Å². The fraction of sp³-hybridized carbons (Fsp3) is 0.941. The zero-order valence-corrected chi connectivity index (χ0v) is 13.6. The van der Waals surface area contributed by atoms with Gasteiger partial charge in [-0.15, -0.1) is 0 Å². The SMILES string of the molecule is CCC(C)C(=O)OC1C(C(C)C)CCCC1C(C)C. The smallest absolute Gasteiger partial charge is 0.308 e. The first-order chi connectivity index (χ1) is 8.88. The van der Waals surface area contributed by atoms with Crippen LogP contribution in [0, 0.1) is 29.6 Å². The average Bonchev–Trinajstić information content (AvgIpc) is 2.37. The number of carbonyl (C=O) groups excluding carboxylic acids is 1. The highest BCUT2D eigenvalue weighted by atomic mass is 16.5. The predicted molar refractivity (Wildman–Crippen MR) is 79.8 cm³/mol. The van der Waals surface area contributed by atoms with Crippen molar-refractivity contribution in [1.29, 1.82) is 0 Å². The first kappa shape index (κ1) is 16.5. The van der Waals surface area contributed by atoms with Crippen molar-refractivity contribution >= 4 is 5.97 Å². The van der Waals surface area contributed by atoms with Crippen LogP contribution in [-0.2, 0) is 9.53 Å². The molecule has 3 atom stereocenters. The number of hydrogen-bond donors (Lipinski definition) is 0. The first-order valence-electron chi connectivity index (χ1n) is 8.08. The van der Waals surface area contributed by atoms with Crippen LogP contribution in [0.5, 0.6) is 0 Å².